The highest BCUT2D eigenvalue weighted by Crippen LogP contribution is 2.13. The van der Waals surface area contributed by atoms with E-state index in [1.807, 2.05) is 0 Å². The zero-order valence-electron chi connectivity index (χ0n) is 13.5. The molecule has 0 aromatic heterocycles. The van der Waals surface area contributed by atoms with Crippen molar-refractivity contribution in [1.29, 1.82) is 0 Å². The van der Waals surface area contributed by atoms with E-state index in [0.717, 1.165) is 45.5 Å². The van der Waals surface area contributed by atoms with Gasteiger partial charge in [-0.25, -0.2) is 0 Å². The Kier molecular flexibility index (Phi) is 10.5. The van der Waals surface area contributed by atoms with E-state index in [1.165, 1.54) is 0 Å². The minimum atomic E-state index is -0.139. The lowest BCUT2D eigenvalue weighted by Gasteiger charge is -2.31. The molecule has 0 heterocycles. The van der Waals surface area contributed by atoms with Gasteiger partial charge in [-0.1, -0.05) is 6.92 Å². The van der Waals surface area contributed by atoms with Crippen molar-refractivity contribution < 1.29 is 9.84 Å². The summed E-state index contributed by atoms with van der Waals surface area (Å²) in [5, 5.41) is 13.0. The van der Waals surface area contributed by atoms with Gasteiger partial charge in [-0.3, -0.25) is 4.90 Å². The highest BCUT2D eigenvalue weighted by atomic mass is 16.5. The Morgan fingerprint density at radius 2 is 2.00 bits per heavy atom. The minimum Gasteiger partial charge on any atom is -0.394 e. The fourth-order valence-corrected chi connectivity index (χ4v) is 2.16. The van der Waals surface area contributed by atoms with Crippen LogP contribution in [0.3, 0.4) is 0 Å². The molecule has 0 saturated carbocycles. The zero-order chi connectivity index (χ0) is 14.7. The average Bonchev–Trinajstić information content (AvgIpc) is 2.40. The van der Waals surface area contributed by atoms with E-state index in [1.54, 1.807) is 7.11 Å². The molecule has 0 aliphatic rings. The molecule has 1 unspecified atom stereocenters. The number of hydrogen-bond acceptors (Lipinski definition) is 4. The summed E-state index contributed by atoms with van der Waals surface area (Å²) in [5.74, 6) is 0. The summed E-state index contributed by atoms with van der Waals surface area (Å²) >= 11 is 0. The van der Waals surface area contributed by atoms with Crippen LogP contribution in [-0.2, 0) is 4.74 Å². The first-order chi connectivity index (χ1) is 8.99. The topological polar surface area (TPSA) is 44.7 Å². The molecule has 19 heavy (non-hydrogen) atoms. The predicted octanol–water partition coefficient (Wildman–Crippen LogP) is 1.87. The number of nitrogens with one attached hydrogen (secondary N) is 1. The summed E-state index contributed by atoms with van der Waals surface area (Å²) in [7, 11) is 1.75. The second-order valence-corrected chi connectivity index (χ2v) is 5.87. The Hall–Kier alpha value is -0.160. The molecule has 0 amide bonds. The van der Waals surface area contributed by atoms with Gasteiger partial charge in [-0.15, -0.1) is 0 Å². The number of hydrogen-bond donors (Lipinski definition) is 2. The van der Waals surface area contributed by atoms with Gasteiger partial charge >= 0.3 is 0 Å². The molecule has 0 aromatic rings. The largest absolute Gasteiger partial charge is 0.394 e. The lowest BCUT2D eigenvalue weighted by molar-refractivity contribution is 0.119. The predicted molar refractivity (Wildman–Crippen MR) is 81.6 cm³/mol. The molecule has 0 aliphatic carbocycles. The molecular weight excluding hydrogens is 240 g/mol. The van der Waals surface area contributed by atoms with Crippen molar-refractivity contribution in [2.75, 3.05) is 40.0 Å². The van der Waals surface area contributed by atoms with Gasteiger partial charge in [0.25, 0.3) is 0 Å². The summed E-state index contributed by atoms with van der Waals surface area (Å²) < 4.78 is 5.15. The van der Waals surface area contributed by atoms with E-state index in [-0.39, 0.29) is 12.1 Å². The van der Waals surface area contributed by atoms with Crippen LogP contribution >= 0.6 is 0 Å². The molecule has 0 saturated heterocycles. The smallest absolute Gasteiger partial charge is 0.0610 e. The van der Waals surface area contributed by atoms with E-state index < -0.39 is 0 Å². The highest BCUT2D eigenvalue weighted by Gasteiger charge is 2.22. The van der Waals surface area contributed by atoms with Gasteiger partial charge in [0.05, 0.1) is 13.2 Å². The number of aliphatic hydroxyl groups excluding tert-OH is 1. The van der Waals surface area contributed by atoms with Crippen molar-refractivity contribution in [1.82, 2.24) is 10.2 Å². The fourth-order valence-electron chi connectivity index (χ4n) is 2.16. The lowest BCUT2D eigenvalue weighted by atomic mass is 9.96. The quantitative estimate of drug-likeness (QED) is 0.570. The molecule has 0 spiro atoms. The van der Waals surface area contributed by atoms with Crippen LogP contribution in [0.25, 0.3) is 0 Å². The standard InChI is InChI=1S/C15H34N2O2/c1-6-9-16-15(4,13-18)8-7-10-17(14(2)3)11-12-19-5/h14,16,18H,6-13H2,1-5H3. The molecule has 0 radical (unpaired) electrons. The molecule has 1 atom stereocenters. The van der Waals surface area contributed by atoms with E-state index in [2.05, 4.69) is 37.9 Å². The molecule has 0 rings (SSSR count). The third-order valence-corrected chi connectivity index (χ3v) is 3.64. The molecule has 4 nitrogen and oxygen atoms in total. The van der Waals surface area contributed by atoms with E-state index in [9.17, 15) is 5.11 Å². The normalized spacial score (nSPS) is 15.2. The Balaban J connectivity index is 4.06. The summed E-state index contributed by atoms with van der Waals surface area (Å²) in [6.45, 7) is 12.7. The van der Waals surface area contributed by atoms with E-state index in [4.69, 9.17) is 4.74 Å². The summed E-state index contributed by atoms with van der Waals surface area (Å²) in [6, 6.07) is 0.541. The number of methoxy groups -OCH3 is 1. The van der Waals surface area contributed by atoms with Gasteiger partial charge < -0.3 is 15.2 Å². The fraction of sp³-hybridized carbons (Fsp3) is 1.00. The third-order valence-electron chi connectivity index (χ3n) is 3.64. The number of rotatable bonds is 12. The zero-order valence-corrected chi connectivity index (χ0v) is 13.5. The first-order valence-electron chi connectivity index (χ1n) is 7.58. The van der Waals surface area contributed by atoms with Crippen molar-refractivity contribution in [2.45, 2.75) is 58.5 Å². The lowest BCUT2D eigenvalue weighted by Crippen LogP contribution is -2.46. The van der Waals surface area contributed by atoms with Crippen LogP contribution in [0.5, 0.6) is 0 Å². The van der Waals surface area contributed by atoms with Gasteiger partial charge in [-0.2, -0.15) is 0 Å². The van der Waals surface area contributed by atoms with Crippen LogP contribution in [0, 0.1) is 0 Å². The van der Waals surface area contributed by atoms with Crippen LogP contribution in [0.1, 0.15) is 47.0 Å². The molecule has 0 bridgehead atoms. The van der Waals surface area contributed by atoms with Gasteiger partial charge in [0, 0.05) is 25.2 Å². The maximum atomic E-state index is 9.53. The Morgan fingerprint density at radius 3 is 2.47 bits per heavy atom. The van der Waals surface area contributed by atoms with Crippen LogP contribution in [-0.4, -0.2) is 61.5 Å². The average molecular weight is 274 g/mol. The second kappa shape index (κ2) is 10.6. The summed E-state index contributed by atoms with van der Waals surface area (Å²) in [5.41, 5.74) is -0.139. The Bertz CT molecular complexity index is 212. The molecule has 116 valence electrons. The van der Waals surface area contributed by atoms with Crippen molar-refractivity contribution >= 4 is 0 Å². The van der Waals surface area contributed by atoms with Gasteiger partial charge in [0.2, 0.25) is 0 Å². The molecule has 2 N–H and O–H groups in total. The highest BCUT2D eigenvalue weighted by molar-refractivity contribution is 4.82. The Labute approximate surface area is 119 Å². The second-order valence-electron chi connectivity index (χ2n) is 5.87. The van der Waals surface area contributed by atoms with Gasteiger partial charge in [0.1, 0.15) is 0 Å². The van der Waals surface area contributed by atoms with Crippen LogP contribution in [0.15, 0.2) is 0 Å². The maximum absolute atomic E-state index is 9.53. The molecule has 0 fully saturated rings. The maximum Gasteiger partial charge on any atom is 0.0610 e. The van der Waals surface area contributed by atoms with Crippen LogP contribution in [0.2, 0.25) is 0 Å². The monoisotopic (exact) mass is 274 g/mol. The van der Waals surface area contributed by atoms with Crippen molar-refractivity contribution in [3.05, 3.63) is 0 Å². The van der Waals surface area contributed by atoms with Crippen molar-refractivity contribution in [3.63, 3.8) is 0 Å². The minimum absolute atomic E-state index is 0.139. The summed E-state index contributed by atoms with van der Waals surface area (Å²) in [4.78, 5) is 2.43. The van der Waals surface area contributed by atoms with Crippen molar-refractivity contribution in [2.24, 2.45) is 0 Å². The summed E-state index contributed by atoms with van der Waals surface area (Å²) in [6.07, 6.45) is 3.19. The molecular formula is C15H34N2O2. The van der Waals surface area contributed by atoms with Crippen molar-refractivity contribution in [3.8, 4) is 0 Å². The Morgan fingerprint density at radius 1 is 1.32 bits per heavy atom. The van der Waals surface area contributed by atoms with E-state index >= 15 is 0 Å². The van der Waals surface area contributed by atoms with Gasteiger partial charge in [-0.05, 0) is 53.1 Å². The molecule has 0 aromatic carbocycles. The molecule has 0 aliphatic heterocycles. The number of nitrogens with zero attached hydrogens (tertiary/aromatic N) is 1. The van der Waals surface area contributed by atoms with E-state index in [0.29, 0.717) is 6.04 Å². The van der Waals surface area contributed by atoms with Gasteiger partial charge in [0.15, 0.2) is 0 Å². The first-order valence-corrected chi connectivity index (χ1v) is 7.58. The first kappa shape index (κ1) is 18.8. The number of ether oxygens (including phenoxy) is 1. The van der Waals surface area contributed by atoms with Crippen LogP contribution in [0.4, 0.5) is 0 Å². The number of aliphatic hydroxyl groups is 1. The van der Waals surface area contributed by atoms with Crippen LogP contribution < -0.4 is 5.32 Å². The third kappa shape index (κ3) is 8.58. The molecule has 4 heteroatoms. The SMILES string of the molecule is CCCNC(C)(CO)CCCN(CCOC)C(C)C.